The van der Waals surface area contributed by atoms with Crippen molar-refractivity contribution in [1.82, 2.24) is 0 Å². The Morgan fingerprint density at radius 1 is 1.39 bits per heavy atom. The Morgan fingerprint density at radius 3 is 2.61 bits per heavy atom. The van der Waals surface area contributed by atoms with Gasteiger partial charge in [0.15, 0.2) is 0 Å². The predicted molar refractivity (Wildman–Crippen MR) is 73.4 cm³/mol. The summed E-state index contributed by atoms with van der Waals surface area (Å²) in [5.41, 5.74) is 5.84. The maximum absolute atomic E-state index is 11.9. The lowest BCUT2D eigenvalue weighted by molar-refractivity contribution is -0.147. The maximum Gasteiger partial charge on any atom is 0.330 e. The molecule has 0 heterocycles. The van der Waals surface area contributed by atoms with E-state index in [0.717, 1.165) is 5.56 Å². The second kappa shape index (κ2) is 7.41. The lowest BCUT2D eigenvalue weighted by Crippen LogP contribution is -2.46. The van der Waals surface area contributed by atoms with E-state index in [2.05, 4.69) is 0 Å². The number of aliphatic hydroxyl groups excluding tert-OH is 1. The molecule has 1 aromatic rings. The minimum absolute atomic E-state index is 0.131. The SMILES string of the molecule is COC(=O)C(N)(CCSCCO)c1ccccc1. The summed E-state index contributed by atoms with van der Waals surface area (Å²) in [6.45, 7) is 0.131. The van der Waals surface area contributed by atoms with Crippen LogP contribution in [0.3, 0.4) is 0 Å². The van der Waals surface area contributed by atoms with Crippen LogP contribution >= 0.6 is 11.8 Å². The van der Waals surface area contributed by atoms with Crippen LogP contribution in [-0.2, 0) is 15.1 Å². The van der Waals surface area contributed by atoms with Crippen molar-refractivity contribution in [3.63, 3.8) is 0 Å². The molecule has 0 saturated heterocycles. The first-order valence-corrected chi connectivity index (χ1v) is 6.92. The van der Waals surface area contributed by atoms with E-state index < -0.39 is 11.5 Å². The third kappa shape index (κ3) is 3.73. The largest absolute Gasteiger partial charge is 0.467 e. The summed E-state index contributed by atoms with van der Waals surface area (Å²) in [5.74, 6) is 0.908. The third-order valence-corrected chi connectivity index (χ3v) is 3.68. The Bertz CT molecular complexity index is 372. The molecule has 0 saturated carbocycles. The molecule has 1 rings (SSSR count). The van der Waals surface area contributed by atoms with Crippen LogP contribution in [0.5, 0.6) is 0 Å². The van der Waals surface area contributed by atoms with Crippen molar-refractivity contribution in [2.45, 2.75) is 12.0 Å². The summed E-state index contributed by atoms with van der Waals surface area (Å²) in [6, 6.07) is 9.23. The molecule has 0 aliphatic heterocycles. The Morgan fingerprint density at radius 2 is 2.06 bits per heavy atom. The van der Waals surface area contributed by atoms with Gasteiger partial charge in [-0.15, -0.1) is 0 Å². The lowest BCUT2D eigenvalue weighted by atomic mass is 9.88. The fourth-order valence-electron chi connectivity index (χ4n) is 1.68. The minimum Gasteiger partial charge on any atom is -0.467 e. The summed E-state index contributed by atoms with van der Waals surface area (Å²) >= 11 is 1.56. The lowest BCUT2D eigenvalue weighted by Gasteiger charge is -2.26. The molecule has 18 heavy (non-hydrogen) atoms. The van der Waals surface area contributed by atoms with Gasteiger partial charge in [-0.25, -0.2) is 4.79 Å². The second-order valence-electron chi connectivity index (χ2n) is 3.91. The number of benzene rings is 1. The van der Waals surface area contributed by atoms with Gasteiger partial charge in [-0.3, -0.25) is 0 Å². The highest BCUT2D eigenvalue weighted by molar-refractivity contribution is 7.99. The van der Waals surface area contributed by atoms with E-state index in [1.807, 2.05) is 30.3 Å². The van der Waals surface area contributed by atoms with Gasteiger partial charge in [0.2, 0.25) is 0 Å². The standard InChI is InChI=1S/C13H19NO3S/c1-17-12(16)13(14,7-9-18-10-8-15)11-5-3-2-4-6-11/h2-6,15H,7-10,14H2,1H3. The number of methoxy groups -OCH3 is 1. The maximum atomic E-state index is 11.9. The van der Waals surface area contributed by atoms with Gasteiger partial charge in [0.25, 0.3) is 0 Å². The van der Waals surface area contributed by atoms with Crippen molar-refractivity contribution < 1.29 is 14.6 Å². The number of rotatable bonds is 7. The third-order valence-electron chi connectivity index (χ3n) is 2.71. The van der Waals surface area contributed by atoms with Crippen molar-refractivity contribution in [3.05, 3.63) is 35.9 Å². The zero-order valence-electron chi connectivity index (χ0n) is 10.5. The van der Waals surface area contributed by atoms with Crippen LogP contribution in [0, 0.1) is 0 Å². The number of thioether (sulfide) groups is 1. The quantitative estimate of drug-likeness (QED) is 0.573. The van der Waals surface area contributed by atoms with Crippen LogP contribution < -0.4 is 5.73 Å². The van der Waals surface area contributed by atoms with E-state index in [1.165, 1.54) is 7.11 Å². The number of nitrogens with two attached hydrogens (primary N) is 1. The number of carbonyl (C=O) groups excluding carboxylic acids is 1. The monoisotopic (exact) mass is 269 g/mol. The molecule has 0 aliphatic carbocycles. The number of hydrogen-bond acceptors (Lipinski definition) is 5. The number of hydrogen-bond donors (Lipinski definition) is 2. The van der Waals surface area contributed by atoms with Gasteiger partial charge in [-0.05, 0) is 17.7 Å². The van der Waals surface area contributed by atoms with E-state index in [0.29, 0.717) is 17.9 Å². The van der Waals surface area contributed by atoms with E-state index in [4.69, 9.17) is 15.6 Å². The molecular weight excluding hydrogens is 250 g/mol. The van der Waals surface area contributed by atoms with E-state index in [-0.39, 0.29) is 6.61 Å². The van der Waals surface area contributed by atoms with Crippen molar-refractivity contribution in [1.29, 1.82) is 0 Å². The molecule has 4 nitrogen and oxygen atoms in total. The van der Waals surface area contributed by atoms with Gasteiger partial charge >= 0.3 is 5.97 Å². The number of aliphatic hydroxyl groups is 1. The van der Waals surface area contributed by atoms with E-state index >= 15 is 0 Å². The van der Waals surface area contributed by atoms with E-state index in [1.54, 1.807) is 11.8 Å². The van der Waals surface area contributed by atoms with Gasteiger partial charge in [0.1, 0.15) is 5.54 Å². The fourth-order valence-corrected chi connectivity index (χ4v) is 2.48. The second-order valence-corrected chi connectivity index (χ2v) is 5.14. The molecule has 1 unspecified atom stereocenters. The van der Waals surface area contributed by atoms with Gasteiger partial charge in [0, 0.05) is 5.75 Å². The van der Waals surface area contributed by atoms with E-state index in [9.17, 15) is 4.79 Å². The normalized spacial score (nSPS) is 13.9. The first kappa shape index (κ1) is 15.0. The van der Waals surface area contributed by atoms with Crippen LogP contribution in [-0.4, -0.2) is 36.3 Å². The Labute approximate surface area is 112 Å². The molecular formula is C13H19NO3S. The molecule has 5 heteroatoms. The molecule has 0 radical (unpaired) electrons. The summed E-state index contributed by atoms with van der Waals surface area (Å²) in [4.78, 5) is 11.9. The van der Waals surface area contributed by atoms with Gasteiger partial charge < -0.3 is 15.6 Å². The molecule has 3 N–H and O–H groups in total. The first-order chi connectivity index (χ1) is 8.65. The van der Waals surface area contributed by atoms with Crippen LogP contribution in [0.2, 0.25) is 0 Å². The Kier molecular flexibility index (Phi) is 6.18. The van der Waals surface area contributed by atoms with Gasteiger partial charge in [-0.1, -0.05) is 30.3 Å². The van der Waals surface area contributed by atoms with Crippen LogP contribution in [0.25, 0.3) is 0 Å². The fraction of sp³-hybridized carbons (Fsp3) is 0.462. The van der Waals surface area contributed by atoms with Crippen molar-refractivity contribution in [2.75, 3.05) is 25.2 Å². The summed E-state index contributed by atoms with van der Waals surface area (Å²) in [7, 11) is 1.34. The average molecular weight is 269 g/mol. The average Bonchev–Trinajstić information content (AvgIpc) is 2.43. The summed E-state index contributed by atoms with van der Waals surface area (Å²) in [6.07, 6.45) is 0.481. The Hall–Kier alpha value is -1.04. The molecule has 0 aliphatic rings. The van der Waals surface area contributed by atoms with Gasteiger partial charge in [-0.2, -0.15) is 11.8 Å². The Balaban J connectivity index is 2.79. The molecule has 0 spiro atoms. The predicted octanol–water partition coefficient (Wildman–Crippen LogP) is 1.13. The summed E-state index contributed by atoms with van der Waals surface area (Å²) < 4.78 is 4.80. The smallest absolute Gasteiger partial charge is 0.330 e. The molecule has 0 bridgehead atoms. The highest BCUT2D eigenvalue weighted by atomic mass is 32.2. The molecule has 1 aromatic carbocycles. The van der Waals surface area contributed by atoms with Crippen LogP contribution in [0.15, 0.2) is 30.3 Å². The molecule has 0 fully saturated rings. The topological polar surface area (TPSA) is 72.5 Å². The zero-order valence-corrected chi connectivity index (χ0v) is 11.3. The minimum atomic E-state index is -1.11. The zero-order chi connectivity index (χ0) is 13.4. The van der Waals surface area contributed by atoms with Crippen molar-refractivity contribution >= 4 is 17.7 Å². The molecule has 0 amide bonds. The molecule has 1 atom stereocenters. The molecule has 0 aromatic heterocycles. The van der Waals surface area contributed by atoms with Crippen LogP contribution in [0.4, 0.5) is 0 Å². The first-order valence-electron chi connectivity index (χ1n) is 5.76. The van der Waals surface area contributed by atoms with Crippen molar-refractivity contribution in [2.24, 2.45) is 5.73 Å². The van der Waals surface area contributed by atoms with Crippen molar-refractivity contribution in [3.8, 4) is 0 Å². The number of ether oxygens (including phenoxy) is 1. The number of esters is 1. The number of carbonyl (C=O) groups is 1. The van der Waals surface area contributed by atoms with Gasteiger partial charge in [0.05, 0.1) is 13.7 Å². The highest BCUT2D eigenvalue weighted by Gasteiger charge is 2.36. The summed E-state index contributed by atoms with van der Waals surface area (Å²) in [5, 5.41) is 8.72. The molecule has 100 valence electrons. The van der Waals surface area contributed by atoms with Crippen LogP contribution in [0.1, 0.15) is 12.0 Å². The highest BCUT2D eigenvalue weighted by Crippen LogP contribution is 2.25.